The van der Waals surface area contributed by atoms with Gasteiger partial charge in [0.25, 0.3) is 5.56 Å². The van der Waals surface area contributed by atoms with Crippen LogP contribution in [0.15, 0.2) is 49.2 Å². The van der Waals surface area contributed by atoms with Crippen LogP contribution in [0.4, 0.5) is 0 Å². The Kier molecular flexibility index (Phi) is 7.77. The average molecular weight is 565 g/mol. The highest BCUT2D eigenvalue weighted by molar-refractivity contribution is 9.10. The highest BCUT2D eigenvalue weighted by Gasteiger charge is 2.17. The summed E-state index contributed by atoms with van der Waals surface area (Å²) in [5, 5.41) is 5.00. The Balaban J connectivity index is 2.03. The number of aromatic nitrogens is 2. The molecule has 0 saturated carbocycles. The van der Waals surface area contributed by atoms with Crippen LogP contribution in [0.25, 0.3) is 10.9 Å². The molecule has 0 saturated heterocycles. The van der Waals surface area contributed by atoms with Crippen molar-refractivity contribution in [3.63, 3.8) is 0 Å². The number of ether oxygens (including phenoxy) is 2. The molecule has 0 amide bonds. The summed E-state index contributed by atoms with van der Waals surface area (Å²) in [6.45, 7) is 8.91. The molecule has 0 aliphatic carbocycles. The summed E-state index contributed by atoms with van der Waals surface area (Å²) in [7, 11) is 1.60. The van der Waals surface area contributed by atoms with Crippen LogP contribution in [0.3, 0.4) is 0 Å². The Morgan fingerprint density at radius 3 is 2.59 bits per heavy atom. The van der Waals surface area contributed by atoms with Crippen LogP contribution < -0.4 is 15.0 Å². The molecule has 0 atom stereocenters. The van der Waals surface area contributed by atoms with Crippen molar-refractivity contribution in [1.29, 1.82) is 0 Å². The summed E-state index contributed by atoms with van der Waals surface area (Å²) in [5.41, 5.74) is 1.24. The Labute approximate surface area is 204 Å². The summed E-state index contributed by atoms with van der Waals surface area (Å²) in [6.07, 6.45) is 3.13. The Morgan fingerprint density at radius 2 is 1.94 bits per heavy atom. The number of aryl methyl sites for hydroxylation is 1. The van der Waals surface area contributed by atoms with E-state index < -0.39 is 0 Å². The molecule has 0 aliphatic heterocycles. The van der Waals surface area contributed by atoms with E-state index in [0.717, 1.165) is 20.9 Å². The lowest BCUT2D eigenvalue weighted by Gasteiger charge is -2.21. The van der Waals surface area contributed by atoms with E-state index in [2.05, 4.69) is 62.7 Å². The lowest BCUT2D eigenvalue weighted by Crippen LogP contribution is -2.22. The number of halogens is 2. The summed E-state index contributed by atoms with van der Waals surface area (Å²) in [6, 6.07) is 9.21. The zero-order valence-electron chi connectivity index (χ0n) is 18.9. The van der Waals surface area contributed by atoms with E-state index in [-0.39, 0.29) is 11.0 Å². The van der Waals surface area contributed by atoms with Gasteiger partial charge in [-0.1, -0.05) is 43.6 Å². The largest absolute Gasteiger partial charge is 0.493 e. The van der Waals surface area contributed by atoms with Gasteiger partial charge in [0, 0.05) is 10.9 Å². The first-order valence-corrected chi connectivity index (χ1v) is 12.0. The normalized spacial score (nSPS) is 12.0. The van der Waals surface area contributed by atoms with Crippen molar-refractivity contribution >= 4 is 49.0 Å². The minimum atomic E-state index is -0.202. The number of benzene rings is 2. The van der Waals surface area contributed by atoms with Gasteiger partial charge in [0.2, 0.25) is 0 Å². The average Bonchev–Trinajstić information content (AvgIpc) is 2.72. The summed E-state index contributed by atoms with van der Waals surface area (Å²) in [5.74, 6) is 1.85. The number of hydrogen-bond acceptors (Lipinski definition) is 5. The van der Waals surface area contributed by atoms with Crippen LogP contribution in [0.1, 0.15) is 45.5 Å². The van der Waals surface area contributed by atoms with Crippen LogP contribution in [0, 0.1) is 5.41 Å². The van der Waals surface area contributed by atoms with Gasteiger partial charge in [-0.15, -0.1) is 0 Å². The molecule has 6 nitrogen and oxygen atoms in total. The zero-order valence-corrected chi connectivity index (χ0v) is 22.1. The van der Waals surface area contributed by atoms with E-state index in [1.807, 2.05) is 31.2 Å². The van der Waals surface area contributed by atoms with E-state index in [1.54, 1.807) is 19.4 Å². The predicted octanol–water partition coefficient (Wildman–Crippen LogP) is 6.19. The molecule has 8 heteroatoms. The molecule has 2 aromatic carbocycles. The number of rotatable bonds is 7. The first-order chi connectivity index (χ1) is 15.1. The minimum absolute atomic E-state index is 0.0134. The first kappa shape index (κ1) is 24.5. The zero-order chi connectivity index (χ0) is 23.5. The highest BCUT2D eigenvalue weighted by Crippen LogP contribution is 2.37. The molecule has 32 heavy (non-hydrogen) atoms. The fourth-order valence-electron chi connectivity index (χ4n) is 3.07. The first-order valence-electron chi connectivity index (χ1n) is 10.4. The van der Waals surface area contributed by atoms with Gasteiger partial charge in [-0.25, -0.2) is 4.98 Å². The second kappa shape index (κ2) is 10.2. The fraction of sp³-hybridized carbons (Fsp3) is 0.375. The molecule has 0 bridgehead atoms. The maximum Gasteiger partial charge on any atom is 0.282 e. The van der Waals surface area contributed by atoms with Crippen molar-refractivity contribution in [3.05, 3.63) is 61.0 Å². The molecule has 0 radical (unpaired) electrons. The van der Waals surface area contributed by atoms with Gasteiger partial charge in [0.05, 0.1) is 35.3 Å². The van der Waals surface area contributed by atoms with Gasteiger partial charge in [-0.05, 0) is 63.7 Å². The van der Waals surface area contributed by atoms with Crippen molar-refractivity contribution in [3.8, 4) is 11.5 Å². The second-order valence-electron chi connectivity index (χ2n) is 8.68. The maximum absolute atomic E-state index is 13.2. The molecule has 1 heterocycles. The number of nitrogens with zero attached hydrogens (tertiary/aromatic N) is 3. The molecule has 0 aliphatic rings. The van der Waals surface area contributed by atoms with E-state index in [9.17, 15) is 4.79 Å². The Bertz CT molecular complexity index is 1210. The van der Waals surface area contributed by atoms with Gasteiger partial charge < -0.3 is 9.47 Å². The molecular formula is C24H27Br2N3O3. The summed E-state index contributed by atoms with van der Waals surface area (Å²) in [4.78, 5) is 17.8. The van der Waals surface area contributed by atoms with Crippen molar-refractivity contribution in [1.82, 2.24) is 9.66 Å². The summed E-state index contributed by atoms with van der Waals surface area (Å²) >= 11 is 7.00. The van der Waals surface area contributed by atoms with Crippen molar-refractivity contribution < 1.29 is 9.47 Å². The van der Waals surface area contributed by atoms with E-state index in [1.165, 1.54) is 4.68 Å². The Morgan fingerprint density at radius 1 is 1.19 bits per heavy atom. The topological polar surface area (TPSA) is 65.7 Å². The van der Waals surface area contributed by atoms with Crippen LogP contribution >= 0.6 is 31.9 Å². The van der Waals surface area contributed by atoms with E-state index in [0.29, 0.717) is 41.3 Å². The standard InChI is InChI=1S/C24H27Br2N3O3/c1-6-7-21-28-19-9-8-16(25)12-17(19)23(30)29(21)27-13-15-10-18(26)22(20(11-15)31-5)32-14-24(2,3)4/h8-13H,6-7,14H2,1-5H3. The second-order valence-corrected chi connectivity index (χ2v) is 10.5. The van der Waals surface area contributed by atoms with Gasteiger partial charge in [-0.3, -0.25) is 4.79 Å². The molecule has 1 aromatic heterocycles. The lowest BCUT2D eigenvalue weighted by molar-refractivity contribution is 0.190. The quantitative estimate of drug-likeness (QED) is 0.321. The maximum atomic E-state index is 13.2. The minimum Gasteiger partial charge on any atom is -0.493 e. The van der Waals surface area contributed by atoms with Gasteiger partial charge >= 0.3 is 0 Å². The molecule has 3 aromatic rings. The summed E-state index contributed by atoms with van der Waals surface area (Å²) < 4.78 is 14.5. The van der Waals surface area contributed by atoms with Gasteiger partial charge in [0.1, 0.15) is 5.82 Å². The van der Waals surface area contributed by atoms with Crippen LogP contribution in [-0.4, -0.2) is 29.6 Å². The third-order valence-electron chi connectivity index (χ3n) is 4.57. The number of methoxy groups -OCH3 is 1. The Hall–Kier alpha value is -2.19. The third kappa shape index (κ3) is 5.78. The molecular weight excluding hydrogens is 538 g/mol. The molecule has 0 N–H and O–H groups in total. The molecule has 0 spiro atoms. The highest BCUT2D eigenvalue weighted by atomic mass is 79.9. The molecule has 170 valence electrons. The van der Waals surface area contributed by atoms with Crippen LogP contribution in [0.5, 0.6) is 11.5 Å². The van der Waals surface area contributed by atoms with Crippen LogP contribution in [0.2, 0.25) is 0 Å². The predicted molar refractivity (Wildman–Crippen MR) is 136 cm³/mol. The molecule has 3 rings (SSSR count). The molecule has 0 fully saturated rings. The fourth-order valence-corrected chi connectivity index (χ4v) is 4.00. The van der Waals surface area contributed by atoms with Crippen molar-refractivity contribution in [2.45, 2.75) is 40.5 Å². The third-order valence-corrected chi connectivity index (χ3v) is 5.65. The van der Waals surface area contributed by atoms with Crippen molar-refractivity contribution in [2.75, 3.05) is 13.7 Å². The number of hydrogen-bond donors (Lipinski definition) is 0. The smallest absolute Gasteiger partial charge is 0.282 e. The SMILES string of the molecule is CCCc1nc2ccc(Br)cc2c(=O)n1N=Cc1cc(Br)c(OCC(C)(C)C)c(OC)c1. The van der Waals surface area contributed by atoms with E-state index in [4.69, 9.17) is 9.47 Å². The number of fused-ring (bicyclic) bond motifs is 1. The van der Waals surface area contributed by atoms with Crippen molar-refractivity contribution in [2.24, 2.45) is 10.5 Å². The monoisotopic (exact) mass is 563 g/mol. The van der Waals surface area contributed by atoms with Crippen LogP contribution in [-0.2, 0) is 6.42 Å². The lowest BCUT2D eigenvalue weighted by atomic mass is 9.99. The molecule has 0 unspecified atom stereocenters. The van der Waals surface area contributed by atoms with E-state index >= 15 is 0 Å². The van der Waals surface area contributed by atoms with Gasteiger partial charge in [0.15, 0.2) is 11.5 Å². The van der Waals surface area contributed by atoms with Gasteiger partial charge in [-0.2, -0.15) is 9.78 Å².